The molecule has 2 saturated heterocycles. The molecule has 0 unspecified atom stereocenters. The number of nitrogens with one attached hydrogen (secondary N) is 4. The highest BCUT2D eigenvalue weighted by Gasteiger charge is 2.35. The number of rotatable bonds is 12. The van der Waals surface area contributed by atoms with Crippen LogP contribution in [-0.4, -0.2) is 101 Å². The molecule has 15 nitrogen and oxygen atoms in total. The molecule has 314 valence electrons. The molecule has 3 aromatic carbocycles. The molecular formula is C45H52N8O7. The molecule has 4 N–H and O–H groups in total. The molecule has 0 aliphatic carbocycles. The van der Waals surface area contributed by atoms with Crippen molar-refractivity contribution >= 4 is 50.6 Å². The van der Waals surface area contributed by atoms with Gasteiger partial charge in [-0.05, 0) is 86.5 Å². The molecule has 15 heteroatoms. The van der Waals surface area contributed by atoms with E-state index < -0.39 is 12.1 Å². The number of ether oxygens (including phenoxy) is 2. The maximum Gasteiger partial charge on any atom is 0.407 e. The van der Waals surface area contributed by atoms with Gasteiger partial charge in [-0.3, -0.25) is 14.4 Å². The van der Waals surface area contributed by atoms with Crippen LogP contribution in [0.5, 0.6) is 0 Å². The minimum absolute atomic E-state index is 0.0516. The third kappa shape index (κ3) is 8.11. The maximum atomic E-state index is 14.2. The number of imidazole rings is 2. The molecule has 5 heterocycles. The first kappa shape index (κ1) is 40.7. The third-order valence-electron chi connectivity index (χ3n) is 11.7. The normalized spacial score (nSPS) is 16.6. The molecule has 0 bridgehead atoms. The van der Waals surface area contributed by atoms with Crippen LogP contribution in [0.15, 0.2) is 63.9 Å². The second kappa shape index (κ2) is 17.3. The molecule has 0 radical (unpaired) electrons. The minimum atomic E-state index is -0.745. The van der Waals surface area contributed by atoms with E-state index in [1.54, 1.807) is 24.2 Å². The number of aromatic amines is 2. The number of aryl methyl sites for hydroxylation is 1. The van der Waals surface area contributed by atoms with Gasteiger partial charge in [0.15, 0.2) is 0 Å². The standard InChI is InChI=1S/C45H52N8O7/c1-25(2)23-52(44(56)41(51-45(57)58-5)27-14-17-59-18-15-27)24-37-47-21-33(49-37)29-8-11-31-28(19-29)10-13-35-39(31)42(55)32-12-9-30(20-36(32)60-35)40-26(3)48-43(50-40)34-7-6-16-53(34)38(54)22-46-4/h8-13,19-21,25,27,34,41,46H,6-7,14-18,22-24H2,1-5H3,(H,47,49)(H,48,50)(H,51,57)/t34-,41-/m0/s1. The second-order valence-corrected chi connectivity index (χ2v) is 16.3. The van der Waals surface area contributed by atoms with Gasteiger partial charge in [-0.1, -0.05) is 38.1 Å². The van der Waals surface area contributed by atoms with Gasteiger partial charge in [0.1, 0.15) is 28.9 Å². The number of carbonyl (C=O) groups excluding carboxylic acids is 3. The number of likely N-dealkylation sites (N-methyl/N-ethyl adjacent to an activating group) is 1. The van der Waals surface area contributed by atoms with Crippen LogP contribution in [0.25, 0.3) is 55.2 Å². The van der Waals surface area contributed by atoms with E-state index in [1.807, 2.05) is 68.1 Å². The highest BCUT2D eigenvalue weighted by molar-refractivity contribution is 6.09. The van der Waals surface area contributed by atoms with Crippen molar-refractivity contribution in [1.29, 1.82) is 0 Å². The SMILES string of the molecule is CNCC(=O)N1CCC[C@H]1c1nc(-c2ccc3c(=O)c4c(ccc5cc(-c6cnc(CN(CC(C)C)C(=O)[C@@H](NC(=O)OC)C7CCOCC7)[nH]6)ccc54)oc3c2)c(C)[nH]1. The number of carbonyl (C=O) groups is 3. The van der Waals surface area contributed by atoms with Gasteiger partial charge in [0.25, 0.3) is 0 Å². The van der Waals surface area contributed by atoms with Crippen molar-refractivity contribution in [3.8, 4) is 22.5 Å². The highest BCUT2D eigenvalue weighted by Crippen LogP contribution is 2.35. The van der Waals surface area contributed by atoms with E-state index >= 15 is 0 Å². The number of nitrogens with zero attached hydrogens (tertiary/aromatic N) is 4. The van der Waals surface area contributed by atoms with E-state index in [9.17, 15) is 19.2 Å². The van der Waals surface area contributed by atoms with Crippen LogP contribution in [0.1, 0.15) is 62.9 Å². The number of aromatic nitrogens is 4. The van der Waals surface area contributed by atoms with Crippen molar-refractivity contribution in [2.45, 2.75) is 65.1 Å². The van der Waals surface area contributed by atoms with Gasteiger partial charge >= 0.3 is 6.09 Å². The minimum Gasteiger partial charge on any atom is -0.456 e. The Labute approximate surface area is 347 Å². The first-order valence-electron chi connectivity index (χ1n) is 20.7. The summed E-state index contributed by atoms with van der Waals surface area (Å²) in [6, 6.07) is 14.3. The van der Waals surface area contributed by atoms with Gasteiger partial charge in [-0.25, -0.2) is 14.8 Å². The van der Waals surface area contributed by atoms with Crippen molar-refractivity contribution < 1.29 is 28.3 Å². The first-order chi connectivity index (χ1) is 29.0. The summed E-state index contributed by atoms with van der Waals surface area (Å²) in [5, 5.41) is 8.34. The number of hydrogen-bond donors (Lipinski definition) is 4. The van der Waals surface area contributed by atoms with Gasteiger partial charge in [0.2, 0.25) is 17.2 Å². The van der Waals surface area contributed by atoms with Gasteiger partial charge in [0, 0.05) is 43.1 Å². The van der Waals surface area contributed by atoms with Crippen LogP contribution >= 0.6 is 0 Å². The fraction of sp³-hybridized carbons (Fsp3) is 0.422. The molecule has 0 saturated carbocycles. The van der Waals surface area contributed by atoms with Crippen LogP contribution in [0.3, 0.4) is 0 Å². The lowest BCUT2D eigenvalue weighted by molar-refractivity contribution is -0.137. The van der Waals surface area contributed by atoms with Gasteiger partial charge < -0.3 is 44.3 Å². The summed E-state index contributed by atoms with van der Waals surface area (Å²) >= 11 is 0. The Balaban J connectivity index is 1.05. The fourth-order valence-electron chi connectivity index (χ4n) is 8.77. The van der Waals surface area contributed by atoms with Gasteiger partial charge in [-0.15, -0.1) is 0 Å². The van der Waals surface area contributed by atoms with Crippen molar-refractivity contribution in [2.24, 2.45) is 11.8 Å². The fourth-order valence-corrected chi connectivity index (χ4v) is 8.77. The Hall–Kier alpha value is -6.06. The monoisotopic (exact) mass is 816 g/mol. The molecule has 6 aromatic rings. The number of H-pyrrole nitrogens is 2. The molecule has 8 rings (SSSR count). The quantitative estimate of drug-likeness (QED) is 0.0818. The van der Waals surface area contributed by atoms with E-state index in [2.05, 4.69) is 25.6 Å². The summed E-state index contributed by atoms with van der Waals surface area (Å²) in [6.45, 7) is 8.80. The summed E-state index contributed by atoms with van der Waals surface area (Å²) in [5.41, 5.74) is 4.89. The average Bonchev–Trinajstić information content (AvgIpc) is 4.02. The number of benzene rings is 3. The molecular weight excluding hydrogens is 765 g/mol. The molecule has 2 aliphatic rings. The third-order valence-corrected chi connectivity index (χ3v) is 11.7. The number of fused-ring (bicyclic) bond motifs is 4. The largest absolute Gasteiger partial charge is 0.456 e. The summed E-state index contributed by atoms with van der Waals surface area (Å²) in [6.07, 6.45) is 4.18. The summed E-state index contributed by atoms with van der Waals surface area (Å²) in [7, 11) is 3.06. The van der Waals surface area contributed by atoms with Crippen LogP contribution in [0, 0.1) is 18.8 Å². The maximum absolute atomic E-state index is 14.2. The summed E-state index contributed by atoms with van der Waals surface area (Å²) in [4.78, 5) is 73.4. The lowest BCUT2D eigenvalue weighted by Gasteiger charge is -2.34. The first-order valence-corrected chi connectivity index (χ1v) is 20.7. The number of amides is 3. The molecule has 2 atom stereocenters. The lowest BCUT2D eigenvalue weighted by Crippen LogP contribution is -2.53. The zero-order valence-corrected chi connectivity index (χ0v) is 34.7. The second-order valence-electron chi connectivity index (χ2n) is 16.3. The van der Waals surface area contributed by atoms with Gasteiger partial charge in [-0.2, -0.15) is 0 Å². The zero-order valence-electron chi connectivity index (χ0n) is 34.7. The van der Waals surface area contributed by atoms with Crippen molar-refractivity contribution in [2.75, 3.05) is 47.0 Å². The Kier molecular flexibility index (Phi) is 11.7. The number of alkyl carbamates (subject to hydrolysis) is 1. The van der Waals surface area contributed by atoms with Crippen LogP contribution in [-0.2, 0) is 25.6 Å². The molecule has 60 heavy (non-hydrogen) atoms. The predicted octanol–water partition coefficient (Wildman–Crippen LogP) is 6.21. The Bertz CT molecular complexity index is 2620. The Morgan fingerprint density at radius 2 is 1.78 bits per heavy atom. The van der Waals surface area contributed by atoms with E-state index in [4.69, 9.17) is 18.9 Å². The van der Waals surface area contributed by atoms with Gasteiger partial charge in [0.05, 0.1) is 54.6 Å². The Morgan fingerprint density at radius 1 is 1.00 bits per heavy atom. The van der Waals surface area contributed by atoms with Crippen LogP contribution in [0.2, 0.25) is 0 Å². The van der Waals surface area contributed by atoms with E-state index in [-0.39, 0.29) is 48.2 Å². The van der Waals surface area contributed by atoms with Crippen LogP contribution < -0.4 is 16.1 Å². The molecule has 2 fully saturated rings. The number of likely N-dealkylation sites (tertiary alicyclic amines) is 1. The van der Waals surface area contributed by atoms with E-state index in [0.29, 0.717) is 66.9 Å². The van der Waals surface area contributed by atoms with E-state index in [0.717, 1.165) is 57.6 Å². The zero-order chi connectivity index (χ0) is 42.1. The molecule has 3 aromatic heterocycles. The van der Waals surface area contributed by atoms with Crippen molar-refractivity contribution in [3.63, 3.8) is 0 Å². The Morgan fingerprint density at radius 3 is 2.55 bits per heavy atom. The number of methoxy groups -OCH3 is 1. The lowest BCUT2D eigenvalue weighted by atomic mass is 9.90. The topological polar surface area (TPSA) is 188 Å². The predicted molar refractivity (Wildman–Crippen MR) is 228 cm³/mol. The van der Waals surface area contributed by atoms with Crippen LogP contribution in [0.4, 0.5) is 4.79 Å². The van der Waals surface area contributed by atoms with E-state index in [1.165, 1.54) is 7.11 Å². The number of hydrogen-bond acceptors (Lipinski definition) is 10. The van der Waals surface area contributed by atoms with Crippen molar-refractivity contribution in [3.05, 3.63) is 82.3 Å². The van der Waals surface area contributed by atoms with Crippen molar-refractivity contribution in [1.82, 2.24) is 40.4 Å². The smallest absolute Gasteiger partial charge is 0.407 e. The average molecular weight is 817 g/mol. The molecule has 3 amide bonds. The highest BCUT2D eigenvalue weighted by atomic mass is 16.5. The molecule has 2 aliphatic heterocycles. The molecule has 0 spiro atoms. The summed E-state index contributed by atoms with van der Waals surface area (Å²) in [5.74, 6) is 1.33. The summed E-state index contributed by atoms with van der Waals surface area (Å²) < 4.78 is 16.8.